The van der Waals surface area contributed by atoms with Crippen molar-refractivity contribution in [2.45, 2.75) is 12.8 Å². The molecule has 4 heteroatoms. The molecular weight excluding hydrogens is 218 g/mol. The third-order valence-electron chi connectivity index (χ3n) is 2.47. The minimum Gasteiger partial charge on any atom is -0.497 e. The molecule has 0 aliphatic heterocycles. The number of aliphatic hydroxyl groups excluding tert-OH is 1. The standard InChI is InChI=1S/C13H15NO3/c1-16-11-5-2-4-10(8-11)12-9-17-13(14-12)6-3-7-15/h2,4-5,8-9,15H,3,6-7H2,1H3. The lowest BCUT2D eigenvalue weighted by Crippen LogP contribution is -1.89. The molecule has 0 radical (unpaired) electrons. The van der Waals surface area contributed by atoms with Gasteiger partial charge in [-0.05, 0) is 18.6 Å². The van der Waals surface area contributed by atoms with Gasteiger partial charge in [0.1, 0.15) is 17.7 Å². The van der Waals surface area contributed by atoms with Gasteiger partial charge in [-0.3, -0.25) is 0 Å². The summed E-state index contributed by atoms with van der Waals surface area (Å²) >= 11 is 0. The van der Waals surface area contributed by atoms with Crippen molar-refractivity contribution in [3.63, 3.8) is 0 Å². The van der Waals surface area contributed by atoms with Gasteiger partial charge >= 0.3 is 0 Å². The van der Waals surface area contributed by atoms with Crippen LogP contribution in [0.25, 0.3) is 11.3 Å². The maximum Gasteiger partial charge on any atom is 0.194 e. The second kappa shape index (κ2) is 5.50. The fraction of sp³-hybridized carbons (Fsp3) is 0.308. The fourth-order valence-corrected chi connectivity index (χ4v) is 1.57. The van der Waals surface area contributed by atoms with Crippen LogP contribution < -0.4 is 4.74 Å². The number of nitrogens with zero attached hydrogens (tertiary/aromatic N) is 1. The SMILES string of the molecule is COc1cccc(-c2coc(CCCO)n2)c1. The summed E-state index contributed by atoms with van der Waals surface area (Å²) in [7, 11) is 1.63. The predicted molar refractivity (Wildman–Crippen MR) is 63.9 cm³/mol. The summed E-state index contributed by atoms with van der Waals surface area (Å²) in [6.45, 7) is 0.150. The van der Waals surface area contributed by atoms with Gasteiger partial charge < -0.3 is 14.3 Å². The average Bonchev–Trinajstić information content (AvgIpc) is 2.85. The molecule has 0 atom stereocenters. The first-order valence-electron chi connectivity index (χ1n) is 5.53. The van der Waals surface area contributed by atoms with E-state index in [4.69, 9.17) is 14.3 Å². The molecular formula is C13H15NO3. The van der Waals surface area contributed by atoms with E-state index in [1.54, 1.807) is 13.4 Å². The van der Waals surface area contributed by atoms with E-state index < -0.39 is 0 Å². The lowest BCUT2D eigenvalue weighted by atomic mass is 10.1. The van der Waals surface area contributed by atoms with E-state index in [1.807, 2.05) is 24.3 Å². The van der Waals surface area contributed by atoms with Gasteiger partial charge in [0.05, 0.1) is 7.11 Å². The van der Waals surface area contributed by atoms with Crippen molar-refractivity contribution < 1.29 is 14.3 Å². The first-order chi connectivity index (χ1) is 8.33. The Balaban J connectivity index is 2.18. The summed E-state index contributed by atoms with van der Waals surface area (Å²) in [5.41, 5.74) is 1.75. The number of oxazole rings is 1. The van der Waals surface area contributed by atoms with Crippen LogP contribution in [0.4, 0.5) is 0 Å². The van der Waals surface area contributed by atoms with E-state index in [-0.39, 0.29) is 6.61 Å². The van der Waals surface area contributed by atoms with Crippen molar-refractivity contribution in [3.05, 3.63) is 36.4 Å². The Morgan fingerprint density at radius 3 is 3.06 bits per heavy atom. The number of hydrogen-bond acceptors (Lipinski definition) is 4. The molecule has 1 aromatic heterocycles. The molecule has 1 heterocycles. The molecule has 2 aromatic rings. The number of benzene rings is 1. The summed E-state index contributed by atoms with van der Waals surface area (Å²) in [4.78, 5) is 4.36. The summed E-state index contributed by atoms with van der Waals surface area (Å²) < 4.78 is 10.5. The van der Waals surface area contributed by atoms with Crippen LogP contribution in [-0.4, -0.2) is 23.8 Å². The third-order valence-corrected chi connectivity index (χ3v) is 2.47. The predicted octanol–water partition coefficient (Wildman–Crippen LogP) is 2.28. The summed E-state index contributed by atoms with van der Waals surface area (Å²) in [6, 6.07) is 7.66. The zero-order valence-corrected chi connectivity index (χ0v) is 9.72. The Kier molecular flexibility index (Phi) is 3.77. The molecule has 0 saturated carbocycles. The zero-order valence-electron chi connectivity index (χ0n) is 9.72. The Hall–Kier alpha value is -1.81. The molecule has 2 rings (SSSR count). The summed E-state index contributed by atoms with van der Waals surface area (Å²) in [5, 5.41) is 8.73. The van der Waals surface area contributed by atoms with E-state index in [0.29, 0.717) is 18.7 Å². The molecule has 1 aromatic carbocycles. The average molecular weight is 233 g/mol. The van der Waals surface area contributed by atoms with Gasteiger partial charge in [0.2, 0.25) is 0 Å². The Morgan fingerprint density at radius 2 is 2.29 bits per heavy atom. The molecule has 0 unspecified atom stereocenters. The quantitative estimate of drug-likeness (QED) is 0.860. The minimum absolute atomic E-state index is 0.150. The molecule has 1 N–H and O–H groups in total. The third kappa shape index (κ3) is 2.85. The topological polar surface area (TPSA) is 55.5 Å². The van der Waals surface area contributed by atoms with E-state index in [9.17, 15) is 0 Å². The smallest absolute Gasteiger partial charge is 0.194 e. The highest BCUT2D eigenvalue weighted by atomic mass is 16.5. The fourth-order valence-electron chi connectivity index (χ4n) is 1.57. The second-order valence-electron chi connectivity index (χ2n) is 3.69. The van der Waals surface area contributed by atoms with Crippen LogP contribution in [0.2, 0.25) is 0 Å². The minimum atomic E-state index is 0.150. The molecule has 0 amide bonds. The highest BCUT2D eigenvalue weighted by molar-refractivity contribution is 5.60. The van der Waals surface area contributed by atoms with E-state index in [2.05, 4.69) is 4.98 Å². The first kappa shape index (κ1) is 11.7. The van der Waals surface area contributed by atoms with Crippen LogP contribution in [-0.2, 0) is 6.42 Å². The number of rotatable bonds is 5. The van der Waals surface area contributed by atoms with Crippen LogP contribution in [0.3, 0.4) is 0 Å². The molecule has 4 nitrogen and oxygen atoms in total. The van der Waals surface area contributed by atoms with Gasteiger partial charge in [-0.15, -0.1) is 0 Å². The van der Waals surface area contributed by atoms with Gasteiger partial charge in [0.25, 0.3) is 0 Å². The van der Waals surface area contributed by atoms with Crippen LogP contribution >= 0.6 is 0 Å². The molecule has 0 aliphatic rings. The van der Waals surface area contributed by atoms with Crippen molar-refractivity contribution in [1.82, 2.24) is 4.98 Å². The van der Waals surface area contributed by atoms with Crippen molar-refractivity contribution in [1.29, 1.82) is 0 Å². The van der Waals surface area contributed by atoms with E-state index >= 15 is 0 Å². The molecule has 17 heavy (non-hydrogen) atoms. The van der Waals surface area contributed by atoms with Crippen molar-refractivity contribution in [3.8, 4) is 17.0 Å². The molecule has 0 fully saturated rings. The highest BCUT2D eigenvalue weighted by Gasteiger charge is 2.06. The summed E-state index contributed by atoms with van der Waals surface area (Å²) in [5.74, 6) is 1.44. The molecule has 0 bridgehead atoms. The van der Waals surface area contributed by atoms with Gasteiger partial charge in [0, 0.05) is 18.6 Å². The highest BCUT2D eigenvalue weighted by Crippen LogP contribution is 2.23. The zero-order chi connectivity index (χ0) is 12.1. The monoisotopic (exact) mass is 233 g/mol. The number of aliphatic hydroxyl groups is 1. The van der Waals surface area contributed by atoms with E-state index in [1.165, 1.54) is 0 Å². The molecule has 90 valence electrons. The summed E-state index contributed by atoms with van der Waals surface area (Å²) in [6.07, 6.45) is 2.94. The van der Waals surface area contributed by atoms with Crippen LogP contribution in [0.1, 0.15) is 12.3 Å². The maximum absolute atomic E-state index is 8.73. The second-order valence-corrected chi connectivity index (χ2v) is 3.69. The molecule has 0 spiro atoms. The first-order valence-corrected chi connectivity index (χ1v) is 5.53. The number of aromatic nitrogens is 1. The van der Waals surface area contributed by atoms with Crippen molar-refractivity contribution >= 4 is 0 Å². The Bertz CT molecular complexity index is 479. The Morgan fingerprint density at radius 1 is 1.41 bits per heavy atom. The maximum atomic E-state index is 8.73. The number of aryl methyl sites for hydroxylation is 1. The normalized spacial score (nSPS) is 10.5. The molecule has 0 aliphatic carbocycles. The Labute approximate surface area is 99.9 Å². The van der Waals surface area contributed by atoms with Crippen LogP contribution in [0, 0.1) is 0 Å². The van der Waals surface area contributed by atoms with Crippen molar-refractivity contribution in [2.24, 2.45) is 0 Å². The lowest BCUT2D eigenvalue weighted by Gasteiger charge is -2.00. The largest absolute Gasteiger partial charge is 0.497 e. The number of hydrogen-bond donors (Lipinski definition) is 1. The van der Waals surface area contributed by atoms with Gasteiger partial charge in [-0.25, -0.2) is 4.98 Å². The van der Waals surface area contributed by atoms with Gasteiger partial charge in [0.15, 0.2) is 5.89 Å². The van der Waals surface area contributed by atoms with Crippen molar-refractivity contribution in [2.75, 3.05) is 13.7 Å². The number of methoxy groups -OCH3 is 1. The van der Waals surface area contributed by atoms with Crippen LogP contribution in [0.5, 0.6) is 5.75 Å². The lowest BCUT2D eigenvalue weighted by molar-refractivity contribution is 0.283. The van der Waals surface area contributed by atoms with Crippen LogP contribution in [0.15, 0.2) is 34.9 Å². The molecule has 0 saturated heterocycles. The van der Waals surface area contributed by atoms with E-state index in [0.717, 1.165) is 17.0 Å². The number of ether oxygens (including phenoxy) is 1. The van der Waals surface area contributed by atoms with Gasteiger partial charge in [-0.2, -0.15) is 0 Å². The van der Waals surface area contributed by atoms with Gasteiger partial charge in [-0.1, -0.05) is 12.1 Å².